The number of hydrogen-bond donors (Lipinski definition) is 0. The monoisotopic (exact) mass is 430 g/mol. The van der Waals surface area contributed by atoms with E-state index in [0.717, 1.165) is 10.2 Å². The molecule has 4 rings (SSSR count). The van der Waals surface area contributed by atoms with Crippen molar-refractivity contribution in [3.63, 3.8) is 0 Å². The summed E-state index contributed by atoms with van der Waals surface area (Å²) < 4.78 is 30.0. The zero-order valence-electron chi connectivity index (χ0n) is 17.0. The summed E-state index contributed by atoms with van der Waals surface area (Å²) in [7, 11) is 4.81. The van der Waals surface area contributed by atoms with Crippen LogP contribution in [-0.4, -0.2) is 51.6 Å². The van der Waals surface area contributed by atoms with E-state index in [4.69, 9.17) is 23.7 Å². The van der Waals surface area contributed by atoms with Crippen LogP contribution in [-0.2, 0) is 11.3 Å². The van der Waals surface area contributed by atoms with Crippen molar-refractivity contribution in [2.24, 2.45) is 4.99 Å². The van der Waals surface area contributed by atoms with Crippen molar-refractivity contribution in [1.29, 1.82) is 0 Å². The zero-order chi connectivity index (χ0) is 21.1. The molecule has 0 unspecified atom stereocenters. The van der Waals surface area contributed by atoms with Crippen molar-refractivity contribution in [3.8, 4) is 23.0 Å². The number of nitrogens with zero attached hydrogens (tertiary/aromatic N) is 2. The van der Waals surface area contributed by atoms with Crippen molar-refractivity contribution in [2.45, 2.75) is 6.54 Å². The molecule has 1 aromatic heterocycles. The van der Waals surface area contributed by atoms with Crippen LogP contribution in [0.25, 0.3) is 10.2 Å². The highest BCUT2D eigenvalue weighted by atomic mass is 32.1. The van der Waals surface area contributed by atoms with Gasteiger partial charge in [-0.25, -0.2) is 0 Å². The number of hydrogen-bond acceptors (Lipinski definition) is 7. The fraction of sp³-hybridized carbons (Fsp3) is 0.333. The minimum absolute atomic E-state index is 0.358. The van der Waals surface area contributed by atoms with E-state index in [9.17, 15) is 4.79 Å². The Morgan fingerprint density at radius 2 is 1.80 bits per heavy atom. The number of ether oxygens (including phenoxy) is 5. The largest absolute Gasteiger partial charge is 0.493 e. The lowest BCUT2D eigenvalue weighted by molar-refractivity contribution is 0.0996. The zero-order valence-corrected chi connectivity index (χ0v) is 17.8. The predicted octanol–water partition coefficient (Wildman–Crippen LogP) is 2.88. The minimum atomic E-state index is -0.358. The van der Waals surface area contributed by atoms with Crippen molar-refractivity contribution in [3.05, 3.63) is 40.7 Å². The van der Waals surface area contributed by atoms with Crippen molar-refractivity contribution in [1.82, 2.24) is 4.57 Å². The average molecular weight is 430 g/mol. The molecular weight excluding hydrogens is 408 g/mol. The Labute approximate surface area is 177 Å². The van der Waals surface area contributed by atoms with Crippen LogP contribution < -0.4 is 23.7 Å². The van der Waals surface area contributed by atoms with E-state index in [2.05, 4.69) is 4.99 Å². The Hall–Kier alpha value is -3.04. The lowest BCUT2D eigenvalue weighted by atomic mass is 10.2. The molecule has 0 bridgehead atoms. The maximum Gasteiger partial charge on any atom is 0.279 e. The highest BCUT2D eigenvalue weighted by Gasteiger charge is 2.16. The topological polar surface area (TPSA) is 80.5 Å². The van der Waals surface area contributed by atoms with Gasteiger partial charge in [0.05, 0.1) is 31.0 Å². The first-order valence-corrected chi connectivity index (χ1v) is 10.2. The van der Waals surface area contributed by atoms with Gasteiger partial charge in [-0.05, 0) is 18.2 Å². The van der Waals surface area contributed by atoms with Crippen LogP contribution in [0.15, 0.2) is 35.3 Å². The third-order valence-electron chi connectivity index (χ3n) is 4.69. The number of rotatable bonds is 6. The van der Waals surface area contributed by atoms with Gasteiger partial charge in [0.2, 0.25) is 0 Å². The van der Waals surface area contributed by atoms with Gasteiger partial charge in [-0.15, -0.1) is 0 Å². The number of aromatic nitrogens is 1. The minimum Gasteiger partial charge on any atom is -0.493 e. The van der Waals surface area contributed by atoms with Crippen molar-refractivity contribution >= 4 is 27.5 Å². The maximum absolute atomic E-state index is 12.9. The number of carbonyl (C=O) groups excluding carboxylic acids is 1. The second kappa shape index (κ2) is 8.76. The van der Waals surface area contributed by atoms with Gasteiger partial charge in [-0.1, -0.05) is 11.3 Å². The van der Waals surface area contributed by atoms with Gasteiger partial charge in [0.15, 0.2) is 27.8 Å². The number of thiazole rings is 1. The second-order valence-corrected chi connectivity index (χ2v) is 7.49. The molecule has 2 aromatic carbocycles. The summed E-state index contributed by atoms with van der Waals surface area (Å²) in [6, 6.07) is 8.86. The molecule has 0 aliphatic carbocycles. The number of amides is 1. The van der Waals surface area contributed by atoms with E-state index in [1.165, 1.54) is 11.3 Å². The Balaban J connectivity index is 1.79. The first kappa shape index (κ1) is 20.2. The molecule has 8 nitrogen and oxygen atoms in total. The highest BCUT2D eigenvalue weighted by Crippen LogP contribution is 2.34. The molecule has 0 atom stereocenters. The number of fused-ring (bicyclic) bond motifs is 2. The second-order valence-electron chi connectivity index (χ2n) is 6.48. The van der Waals surface area contributed by atoms with Gasteiger partial charge in [-0.3, -0.25) is 4.79 Å². The molecule has 0 saturated heterocycles. The Morgan fingerprint density at radius 3 is 2.53 bits per heavy atom. The fourth-order valence-electron chi connectivity index (χ4n) is 3.21. The highest BCUT2D eigenvalue weighted by molar-refractivity contribution is 7.16. The normalized spacial score (nSPS) is 13.5. The molecule has 1 amide bonds. The Bertz CT molecular complexity index is 1150. The molecule has 2 heterocycles. The van der Waals surface area contributed by atoms with Gasteiger partial charge in [-0.2, -0.15) is 4.99 Å². The maximum atomic E-state index is 12.9. The molecule has 0 saturated carbocycles. The first-order valence-electron chi connectivity index (χ1n) is 9.37. The lowest BCUT2D eigenvalue weighted by Crippen LogP contribution is -2.19. The van der Waals surface area contributed by atoms with Crippen LogP contribution in [0, 0.1) is 0 Å². The smallest absolute Gasteiger partial charge is 0.279 e. The van der Waals surface area contributed by atoms with Gasteiger partial charge >= 0.3 is 0 Å². The molecular formula is C21H22N2O6S. The number of benzene rings is 2. The molecule has 0 fully saturated rings. The van der Waals surface area contributed by atoms with Crippen LogP contribution in [0.3, 0.4) is 0 Å². The number of carbonyl (C=O) groups is 1. The molecule has 9 heteroatoms. The average Bonchev–Trinajstić information content (AvgIpc) is 3.11. The predicted molar refractivity (Wildman–Crippen MR) is 112 cm³/mol. The lowest BCUT2D eigenvalue weighted by Gasteiger charge is -2.18. The molecule has 0 radical (unpaired) electrons. The van der Waals surface area contributed by atoms with Crippen LogP contribution >= 0.6 is 11.3 Å². The van der Waals surface area contributed by atoms with E-state index >= 15 is 0 Å². The van der Waals surface area contributed by atoms with Crippen molar-refractivity contribution < 1.29 is 28.5 Å². The van der Waals surface area contributed by atoms with Crippen LogP contribution in [0.2, 0.25) is 0 Å². The molecule has 0 spiro atoms. The van der Waals surface area contributed by atoms with E-state index < -0.39 is 0 Å². The summed E-state index contributed by atoms with van der Waals surface area (Å²) in [6.45, 7) is 1.97. The molecule has 1 aliphatic heterocycles. The van der Waals surface area contributed by atoms with E-state index in [-0.39, 0.29) is 5.91 Å². The van der Waals surface area contributed by atoms with E-state index in [0.29, 0.717) is 59.7 Å². The summed E-state index contributed by atoms with van der Waals surface area (Å²) in [5, 5.41) is 0. The third kappa shape index (κ3) is 3.86. The van der Waals surface area contributed by atoms with Gasteiger partial charge in [0.1, 0.15) is 13.2 Å². The van der Waals surface area contributed by atoms with Crippen molar-refractivity contribution in [2.75, 3.05) is 41.2 Å². The number of methoxy groups -OCH3 is 3. The standard InChI is InChI=1S/C21H22N2O6S/c1-25-7-6-23-14-11-16(26-2)17(27-3)12-19(14)30-21(23)22-20(24)13-4-5-15-18(10-13)29-9-8-28-15/h4-5,10-12H,6-9H2,1-3H3. The molecule has 30 heavy (non-hydrogen) atoms. The summed E-state index contributed by atoms with van der Waals surface area (Å²) in [5.74, 6) is 2.06. The van der Waals surface area contributed by atoms with Gasteiger partial charge in [0, 0.05) is 31.4 Å². The van der Waals surface area contributed by atoms with Crippen LogP contribution in [0.5, 0.6) is 23.0 Å². The Morgan fingerprint density at radius 1 is 1.07 bits per heavy atom. The summed E-state index contributed by atoms with van der Waals surface area (Å²) >= 11 is 1.40. The van der Waals surface area contributed by atoms with Crippen LogP contribution in [0.4, 0.5) is 0 Å². The molecule has 158 valence electrons. The van der Waals surface area contributed by atoms with Gasteiger partial charge in [0.25, 0.3) is 5.91 Å². The van der Waals surface area contributed by atoms with E-state index in [1.54, 1.807) is 39.5 Å². The first-order chi connectivity index (χ1) is 14.6. The van der Waals surface area contributed by atoms with Crippen LogP contribution in [0.1, 0.15) is 10.4 Å². The molecule has 1 aliphatic rings. The summed E-state index contributed by atoms with van der Waals surface area (Å²) in [5.41, 5.74) is 1.33. The quantitative estimate of drug-likeness (QED) is 0.598. The van der Waals surface area contributed by atoms with Gasteiger partial charge < -0.3 is 28.3 Å². The summed E-state index contributed by atoms with van der Waals surface area (Å²) in [6.07, 6.45) is 0. The Kier molecular flexibility index (Phi) is 5.91. The SMILES string of the molecule is COCCn1c(=NC(=O)c2ccc3c(c2)OCCO3)sc2cc(OC)c(OC)cc21. The third-order valence-corrected chi connectivity index (χ3v) is 5.73. The van der Waals surface area contributed by atoms with E-state index in [1.807, 2.05) is 16.7 Å². The fourth-order valence-corrected chi connectivity index (χ4v) is 4.27. The summed E-state index contributed by atoms with van der Waals surface area (Å²) in [4.78, 5) is 17.9. The molecule has 0 N–H and O–H groups in total. The molecule has 3 aromatic rings.